The lowest BCUT2D eigenvalue weighted by atomic mass is 10.0. The van der Waals surface area contributed by atoms with E-state index in [4.69, 9.17) is 4.74 Å². The van der Waals surface area contributed by atoms with Crippen molar-refractivity contribution in [1.82, 2.24) is 14.5 Å². The number of fused-ring (bicyclic) bond motifs is 2. The molecule has 2 aliphatic heterocycles. The van der Waals surface area contributed by atoms with Crippen molar-refractivity contribution in [2.45, 2.75) is 18.9 Å². The number of H-pyrrole nitrogens is 1. The minimum absolute atomic E-state index is 0.0462. The number of para-hydroxylation sites is 2. The Hall–Kier alpha value is -3.55. The van der Waals surface area contributed by atoms with E-state index in [0.29, 0.717) is 42.9 Å². The standard InChI is InChI=1S/C21H20N4O4/c26-19-12-29-18-11-13(5-6-16(18)22-19)20(27)24-9-7-14(8-10-24)25-17-4-2-1-3-15(17)23-21(25)28/h1-6,11,14H,7-10,12H2,(H,22,26)(H,23,28). The van der Waals surface area contributed by atoms with Crippen LogP contribution in [-0.4, -0.2) is 46.0 Å². The molecule has 0 aliphatic carbocycles. The van der Waals surface area contributed by atoms with Crippen molar-refractivity contribution in [3.05, 3.63) is 58.5 Å². The maximum absolute atomic E-state index is 12.9. The number of amides is 2. The lowest BCUT2D eigenvalue weighted by Crippen LogP contribution is -2.40. The van der Waals surface area contributed by atoms with Gasteiger partial charge in [-0.2, -0.15) is 0 Å². The number of hydrogen-bond acceptors (Lipinski definition) is 4. The minimum Gasteiger partial charge on any atom is -0.482 e. The molecule has 2 aliphatic rings. The van der Waals surface area contributed by atoms with Crippen molar-refractivity contribution in [2.75, 3.05) is 25.0 Å². The number of hydrogen-bond donors (Lipinski definition) is 2. The van der Waals surface area contributed by atoms with Crippen LogP contribution in [0.1, 0.15) is 29.2 Å². The molecule has 8 heteroatoms. The molecule has 1 fully saturated rings. The molecule has 0 atom stereocenters. The van der Waals surface area contributed by atoms with Crippen LogP contribution in [0.25, 0.3) is 11.0 Å². The molecule has 0 radical (unpaired) electrons. The number of benzene rings is 2. The average molecular weight is 392 g/mol. The van der Waals surface area contributed by atoms with Gasteiger partial charge < -0.3 is 19.9 Å². The summed E-state index contributed by atoms with van der Waals surface area (Å²) in [5.74, 6) is 0.236. The molecule has 3 heterocycles. The lowest BCUT2D eigenvalue weighted by Gasteiger charge is -2.32. The number of imidazole rings is 1. The molecule has 2 aromatic carbocycles. The van der Waals surface area contributed by atoms with Gasteiger partial charge in [-0.15, -0.1) is 0 Å². The second-order valence-corrected chi connectivity index (χ2v) is 7.39. The van der Waals surface area contributed by atoms with Gasteiger partial charge in [0, 0.05) is 24.7 Å². The fourth-order valence-corrected chi connectivity index (χ4v) is 4.15. The number of carbonyl (C=O) groups excluding carboxylic acids is 2. The van der Waals surface area contributed by atoms with Crippen LogP contribution >= 0.6 is 0 Å². The number of piperidine rings is 1. The fraction of sp³-hybridized carbons (Fsp3) is 0.286. The Morgan fingerprint density at radius 1 is 1.07 bits per heavy atom. The van der Waals surface area contributed by atoms with Crippen molar-refractivity contribution in [2.24, 2.45) is 0 Å². The van der Waals surface area contributed by atoms with Gasteiger partial charge in [-0.3, -0.25) is 14.2 Å². The zero-order valence-electron chi connectivity index (χ0n) is 15.7. The van der Waals surface area contributed by atoms with Gasteiger partial charge in [-0.25, -0.2) is 4.79 Å². The quantitative estimate of drug-likeness (QED) is 0.698. The number of likely N-dealkylation sites (tertiary alicyclic amines) is 1. The number of ether oxygens (including phenoxy) is 1. The maximum Gasteiger partial charge on any atom is 0.326 e. The predicted octanol–water partition coefficient (Wildman–Crippen LogP) is 2.14. The molecular formula is C21H20N4O4. The number of aromatic nitrogens is 2. The molecule has 2 amide bonds. The monoisotopic (exact) mass is 392 g/mol. The van der Waals surface area contributed by atoms with Crippen molar-refractivity contribution in [1.29, 1.82) is 0 Å². The molecule has 5 rings (SSSR count). The van der Waals surface area contributed by atoms with Gasteiger partial charge in [0.1, 0.15) is 5.75 Å². The van der Waals surface area contributed by atoms with E-state index in [9.17, 15) is 14.4 Å². The molecule has 3 aromatic rings. The average Bonchev–Trinajstić information content (AvgIpc) is 3.08. The van der Waals surface area contributed by atoms with Crippen LogP contribution in [0.5, 0.6) is 5.75 Å². The highest BCUT2D eigenvalue weighted by Crippen LogP contribution is 2.30. The first-order valence-corrected chi connectivity index (χ1v) is 9.65. The molecule has 8 nitrogen and oxygen atoms in total. The molecule has 1 aromatic heterocycles. The summed E-state index contributed by atoms with van der Waals surface area (Å²) in [6.07, 6.45) is 1.43. The van der Waals surface area contributed by atoms with E-state index in [1.165, 1.54) is 0 Å². The number of nitrogens with zero attached hydrogens (tertiary/aromatic N) is 2. The van der Waals surface area contributed by atoms with Gasteiger partial charge in [-0.05, 0) is 43.2 Å². The molecule has 29 heavy (non-hydrogen) atoms. The Morgan fingerprint density at radius 3 is 2.69 bits per heavy atom. The zero-order valence-corrected chi connectivity index (χ0v) is 15.7. The largest absolute Gasteiger partial charge is 0.482 e. The molecule has 0 saturated carbocycles. The third kappa shape index (κ3) is 3.06. The normalized spacial score (nSPS) is 17.0. The summed E-state index contributed by atoms with van der Waals surface area (Å²) in [5, 5.41) is 2.72. The van der Waals surface area contributed by atoms with Crippen molar-refractivity contribution >= 4 is 28.5 Å². The molecule has 0 unspecified atom stereocenters. The third-order valence-corrected chi connectivity index (χ3v) is 5.60. The van der Waals surface area contributed by atoms with Crippen LogP contribution in [0.4, 0.5) is 5.69 Å². The summed E-state index contributed by atoms with van der Waals surface area (Å²) >= 11 is 0. The van der Waals surface area contributed by atoms with Gasteiger partial charge in [0.05, 0.1) is 16.7 Å². The third-order valence-electron chi connectivity index (χ3n) is 5.60. The Labute approximate surface area is 166 Å². The number of rotatable bonds is 2. The molecule has 2 N–H and O–H groups in total. The van der Waals surface area contributed by atoms with E-state index in [-0.39, 0.29) is 30.2 Å². The lowest BCUT2D eigenvalue weighted by molar-refractivity contribution is -0.118. The zero-order chi connectivity index (χ0) is 20.0. The minimum atomic E-state index is -0.203. The topological polar surface area (TPSA) is 96.4 Å². The summed E-state index contributed by atoms with van der Waals surface area (Å²) in [4.78, 5) is 41.4. The number of nitrogens with one attached hydrogen (secondary N) is 2. The Balaban J connectivity index is 1.32. The summed E-state index contributed by atoms with van der Waals surface area (Å²) in [7, 11) is 0. The van der Waals surface area contributed by atoms with Crippen molar-refractivity contribution in [3.63, 3.8) is 0 Å². The highest BCUT2D eigenvalue weighted by atomic mass is 16.5. The van der Waals surface area contributed by atoms with Crippen LogP contribution < -0.4 is 15.7 Å². The van der Waals surface area contributed by atoms with Crippen molar-refractivity contribution in [3.8, 4) is 5.75 Å². The second-order valence-electron chi connectivity index (χ2n) is 7.39. The van der Waals surface area contributed by atoms with Gasteiger partial charge in [0.25, 0.3) is 11.8 Å². The van der Waals surface area contributed by atoms with E-state index >= 15 is 0 Å². The van der Waals surface area contributed by atoms with E-state index in [1.807, 2.05) is 28.8 Å². The number of anilines is 1. The van der Waals surface area contributed by atoms with Crippen molar-refractivity contribution < 1.29 is 14.3 Å². The van der Waals surface area contributed by atoms with E-state index in [1.54, 1.807) is 23.1 Å². The van der Waals surface area contributed by atoms with Crippen LogP contribution in [0, 0.1) is 0 Å². The highest BCUT2D eigenvalue weighted by molar-refractivity contribution is 5.99. The molecular weight excluding hydrogens is 372 g/mol. The fourth-order valence-electron chi connectivity index (χ4n) is 4.15. The smallest absolute Gasteiger partial charge is 0.326 e. The molecule has 1 saturated heterocycles. The molecule has 0 bridgehead atoms. The first-order chi connectivity index (χ1) is 14.1. The van der Waals surface area contributed by atoms with Crippen LogP contribution in [-0.2, 0) is 4.79 Å². The Morgan fingerprint density at radius 2 is 1.86 bits per heavy atom. The molecule has 148 valence electrons. The predicted molar refractivity (Wildman–Crippen MR) is 107 cm³/mol. The molecule has 0 spiro atoms. The van der Waals surface area contributed by atoms with Gasteiger partial charge in [-0.1, -0.05) is 12.1 Å². The number of carbonyl (C=O) groups is 2. The van der Waals surface area contributed by atoms with E-state index in [0.717, 1.165) is 11.0 Å². The Kier molecular flexibility index (Phi) is 4.12. The summed E-state index contributed by atoms with van der Waals surface area (Å²) in [6, 6.07) is 12.8. The summed E-state index contributed by atoms with van der Waals surface area (Å²) < 4.78 is 7.22. The maximum atomic E-state index is 12.9. The van der Waals surface area contributed by atoms with Gasteiger partial charge in [0.15, 0.2) is 6.61 Å². The SMILES string of the molecule is O=C1COc2cc(C(=O)N3CCC(n4c(=O)[nH]c5ccccc54)CC3)ccc2N1. The van der Waals surface area contributed by atoms with Crippen LogP contribution in [0.3, 0.4) is 0 Å². The Bertz CT molecular complexity index is 1170. The van der Waals surface area contributed by atoms with Crippen LogP contribution in [0.15, 0.2) is 47.3 Å². The van der Waals surface area contributed by atoms with E-state index in [2.05, 4.69) is 10.3 Å². The first kappa shape index (κ1) is 17.5. The first-order valence-electron chi connectivity index (χ1n) is 9.65. The van der Waals surface area contributed by atoms with Crippen LogP contribution in [0.2, 0.25) is 0 Å². The second kappa shape index (κ2) is 6.80. The summed E-state index contributed by atoms with van der Waals surface area (Å²) in [5.41, 5.74) is 2.73. The van der Waals surface area contributed by atoms with Gasteiger partial charge >= 0.3 is 5.69 Å². The van der Waals surface area contributed by atoms with Gasteiger partial charge in [0.2, 0.25) is 0 Å². The summed E-state index contributed by atoms with van der Waals surface area (Å²) in [6.45, 7) is 1.10. The van der Waals surface area contributed by atoms with E-state index < -0.39 is 0 Å². The number of aromatic amines is 1. The highest BCUT2D eigenvalue weighted by Gasteiger charge is 2.27.